The van der Waals surface area contributed by atoms with Crippen molar-refractivity contribution in [2.45, 2.75) is 19.6 Å². The molecule has 0 unspecified atom stereocenters. The summed E-state index contributed by atoms with van der Waals surface area (Å²) in [5, 5.41) is 4.29. The van der Waals surface area contributed by atoms with Crippen LogP contribution in [0.2, 0.25) is 0 Å². The first-order valence-corrected chi connectivity index (χ1v) is 6.99. The molecule has 0 saturated heterocycles. The molecule has 0 N–H and O–H groups in total. The molecule has 0 bridgehead atoms. The summed E-state index contributed by atoms with van der Waals surface area (Å²) < 4.78 is 41.0. The van der Waals surface area contributed by atoms with E-state index in [0.717, 1.165) is 6.07 Å². The van der Waals surface area contributed by atoms with Crippen LogP contribution in [-0.2, 0) is 17.5 Å². The summed E-state index contributed by atoms with van der Waals surface area (Å²) in [5.41, 5.74) is -0.946. The van der Waals surface area contributed by atoms with Crippen molar-refractivity contribution in [1.29, 1.82) is 0 Å². The molecule has 0 aliphatic heterocycles. The van der Waals surface area contributed by atoms with Crippen molar-refractivity contribution < 1.29 is 18.0 Å². The Hall–Kier alpha value is -0.640. The fourth-order valence-electron chi connectivity index (χ4n) is 1.70. The lowest BCUT2D eigenvalue weighted by Crippen LogP contribution is -2.10. The fourth-order valence-corrected chi connectivity index (χ4v) is 2.85. The van der Waals surface area contributed by atoms with E-state index < -0.39 is 11.7 Å². The monoisotopic (exact) mass is 446 g/mol. The number of benzene rings is 1. The summed E-state index contributed by atoms with van der Waals surface area (Å²) in [6.45, 7) is 1.32. The highest BCUT2D eigenvalue weighted by Crippen LogP contribution is 2.37. The third-order valence-corrected chi connectivity index (χ3v) is 4.02. The lowest BCUT2D eigenvalue weighted by atomic mass is 10.1. The molecule has 2 aromatic rings. The Labute approximate surface area is 128 Å². The van der Waals surface area contributed by atoms with Crippen LogP contribution in [0.15, 0.2) is 16.6 Å². The number of alkyl halides is 3. The van der Waals surface area contributed by atoms with E-state index in [1.807, 2.05) is 22.6 Å². The molecule has 0 radical (unpaired) electrons. The van der Waals surface area contributed by atoms with E-state index in [-0.39, 0.29) is 17.8 Å². The predicted octanol–water partition coefficient (Wildman–Crippen LogP) is 4.01. The first-order valence-electron chi connectivity index (χ1n) is 5.12. The lowest BCUT2D eigenvalue weighted by Gasteiger charge is -2.07. The minimum Gasteiger partial charge on any atom is -0.298 e. The Morgan fingerprint density at radius 1 is 1.47 bits per heavy atom. The van der Waals surface area contributed by atoms with E-state index in [4.69, 9.17) is 0 Å². The Morgan fingerprint density at radius 2 is 2.11 bits per heavy atom. The second-order valence-electron chi connectivity index (χ2n) is 4.00. The molecule has 102 valence electrons. The van der Waals surface area contributed by atoms with Crippen molar-refractivity contribution >= 4 is 55.2 Å². The number of hydrogen-bond acceptors (Lipinski definition) is 2. The maximum atomic E-state index is 13.0. The van der Waals surface area contributed by atoms with Gasteiger partial charge >= 0.3 is 6.18 Å². The van der Waals surface area contributed by atoms with Crippen molar-refractivity contribution in [3.8, 4) is 0 Å². The number of nitrogens with zero attached hydrogens (tertiary/aromatic N) is 2. The summed E-state index contributed by atoms with van der Waals surface area (Å²) in [4.78, 5) is 11.1. The van der Waals surface area contributed by atoms with E-state index >= 15 is 0 Å². The average Bonchev–Trinajstić information content (AvgIpc) is 2.54. The number of carbonyl (C=O) groups excluding carboxylic acids is 1. The Balaban J connectivity index is 2.75. The zero-order valence-corrected chi connectivity index (χ0v) is 13.3. The van der Waals surface area contributed by atoms with Crippen LogP contribution in [-0.4, -0.2) is 15.6 Å². The van der Waals surface area contributed by atoms with Gasteiger partial charge in [0.05, 0.1) is 5.56 Å². The lowest BCUT2D eigenvalue weighted by molar-refractivity contribution is -0.136. The van der Waals surface area contributed by atoms with Crippen molar-refractivity contribution in [1.82, 2.24) is 9.78 Å². The van der Waals surface area contributed by atoms with Gasteiger partial charge in [-0.15, -0.1) is 0 Å². The standard InChI is InChI=1S/C11H7BrF3IN2O/c1-5(19)4-18-10(16)7-2-6(12)3-8(9(7)17-18)11(13,14)15/h2-3H,4H2,1H3. The molecule has 1 aromatic carbocycles. The molecule has 0 saturated carbocycles. The predicted molar refractivity (Wildman–Crippen MR) is 75.8 cm³/mol. The second kappa shape index (κ2) is 5.04. The number of aromatic nitrogens is 2. The maximum absolute atomic E-state index is 13.0. The highest BCUT2D eigenvalue weighted by molar-refractivity contribution is 14.1. The van der Waals surface area contributed by atoms with Gasteiger partial charge in [0, 0.05) is 9.86 Å². The molecule has 3 nitrogen and oxygen atoms in total. The summed E-state index contributed by atoms with van der Waals surface area (Å²) in [6, 6.07) is 2.56. The molecule has 8 heteroatoms. The van der Waals surface area contributed by atoms with Gasteiger partial charge in [0.2, 0.25) is 0 Å². The molecule has 19 heavy (non-hydrogen) atoms. The number of hydrogen-bond donors (Lipinski definition) is 0. The van der Waals surface area contributed by atoms with Gasteiger partial charge in [-0.3, -0.25) is 9.48 Å². The quantitative estimate of drug-likeness (QED) is 0.653. The third kappa shape index (κ3) is 2.93. The van der Waals surface area contributed by atoms with E-state index in [9.17, 15) is 18.0 Å². The normalized spacial score (nSPS) is 12.1. The number of ketones is 1. The molecule has 1 heterocycles. The molecule has 0 atom stereocenters. The van der Waals surface area contributed by atoms with Gasteiger partial charge in [-0.05, 0) is 41.6 Å². The van der Waals surface area contributed by atoms with Crippen molar-refractivity contribution in [2.24, 2.45) is 0 Å². The molecule has 0 aliphatic carbocycles. The van der Waals surface area contributed by atoms with Crippen LogP contribution in [0, 0.1) is 3.70 Å². The molecule has 0 aliphatic rings. The molecular formula is C11H7BrF3IN2O. The molecule has 2 rings (SSSR count). The summed E-state index contributed by atoms with van der Waals surface area (Å²) in [7, 11) is 0. The minimum absolute atomic E-state index is 0.0398. The zero-order chi connectivity index (χ0) is 14.4. The fraction of sp³-hybridized carbons (Fsp3) is 0.273. The molecule has 0 fully saturated rings. The van der Waals surface area contributed by atoms with E-state index in [1.54, 1.807) is 6.07 Å². The molecule has 1 aromatic heterocycles. The number of rotatable bonds is 2. The molecule has 0 amide bonds. The second-order valence-corrected chi connectivity index (χ2v) is 5.94. The van der Waals surface area contributed by atoms with Gasteiger partial charge in [0.1, 0.15) is 15.8 Å². The average molecular weight is 447 g/mol. The van der Waals surface area contributed by atoms with E-state index in [0.29, 0.717) is 13.6 Å². The van der Waals surface area contributed by atoms with Crippen molar-refractivity contribution in [3.63, 3.8) is 0 Å². The van der Waals surface area contributed by atoms with Gasteiger partial charge in [-0.2, -0.15) is 18.3 Å². The van der Waals surface area contributed by atoms with Crippen molar-refractivity contribution in [2.75, 3.05) is 0 Å². The topological polar surface area (TPSA) is 34.9 Å². The smallest absolute Gasteiger partial charge is 0.298 e. The first kappa shape index (κ1) is 14.8. The van der Waals surface area contributed by atoms with Gasteiger partial charge in [-0.25, -0.2) is 0 Å². The van der Waals surface area contributed by atoms with Crippen LogP contribution in [0.1, 0.15) is 12.5 Å². The van der Waals surface area contributed by atoms with Gasteiger partial charge in [0.15, 0.2) is 5.78 Å². The number of halogens is 5. The van der Waals surface area contributed by atoms with Gasteiger partial charge < -0.3 is 0 Å². The van der Waals surface area contributed by atoms with Crippen molar-refractivity contribution in [3.05, 3.63) is 25.9 Å². The van der Waals surface area contributed by atoms with Crippen LogP contribution in [0.5, 0.6) is 0 Å². The Kier molecular flexibility index (Phi) is 3.92. The van der Waals surface area contributed by atoms with Crippen LogP contribution in [0.3, 0.4) is 0 Å². The summed E-state index contributed by atoms with van der Waals surface area (Å²) >= 11 is 4.95. The van der Waals surface area contributed by atoms with Crippen LogP contribution in [0.25, 0.3) is 10.9 Å². The number of Topliss-reactive ketones (excluding diaryl/α,β-unsaturated/α-hetero) is 1. The summed E-state index contributed by atoms with van der Waals surface area (Å²) in [5.74, 6) is -0.168. The SMILES string of the molecule is CC(=O)Cn1nc2c(C(F)(F)F)cc(Br)cc2c1I. The van der Waals surface area contributed by atoms with Gasteiger partial charge in [0.25, 0.3) is 0 Å². The van der Waals surface area contributed by atoms with E-state index in [1.165, 1.54) is 11.6 Å². The molecular weight excluding hydrogens is 440 g/mol. The summed E-state index contributed by atoms with van der Waals surface area (Å²) in [6.07, 6.45) is -4.49. The Bertz CT molecular complexity index is 666. The number of fused-ring (bicyclic) bond motifs is 1. The maximum Gasteiger partial charge on any atom is 0.418 e. The van der Waals surface area contributed by atoms with Crippen LogP contribution < -0.4 is 0 Å². The van der Waals surface area contributed by atoms with Crippen LogP contribution in [0.4, 0.5) is 13.2 Å². The van der Waals surface area contributed by atoms with Crippen LogP contribution >= 0.6 is 38.5 Å². The Morgan fingerprint density at radius 3 is 2.63 bits per heavy atom. The highest BCUT2D eigenvalue weighted by atomic mass is 127. The van der Waals surface area contributed by atoms with Gasteiger partial charge in [-0.1, -0.05) is 15.9 Å². The molecule has 0 spiro atoms. The number of carbonyl (C=O) groups is 1. The minimum atomic E-state index is -4.49. The third-order valence-electron chi connectivity index (χ3n) is 2.42. The largest absolute Gasteiger partial charge is 0.418 e. The zero-order valence-electron chi connectivity index (χ0n) is 9.55. The first-order chi connectivity index (χ1) is 8.70. The van der Waals surface area contributed by atoms with E-state index in [2.05, 4.69) is 21.0 Å². The highest BCUT2D eigenvalue weighted by Gasteiger charge is 2.35.